The van der Waals surface area contributed by atoms with Crippen molar-refractivity contribution in [3.05, 3.63) is 102 Å². The van der Waals surface area contributed by atoms with Gasteiger partial charge in [-0.2, -0.15) is 0 Å². The molecule has 1 amide bonds. The summed E-state index contributed by atoms with van der Waals surface area (Å²) in [5.41, 5.74) is 2.88. The van der Waals surface area contributed by atoms with Gasteiger partial charge in [0.25, 0.3) is 5.91 Å². The van der Waals surface area contributed by atoms with Crippen LogP contribution in [0.25, 0.3) is 11.4 Å². The topological polar surface area (TPSA) is 66.9 Å². The third-order valence-electron chi connectivity index (χ3n) is 4.75. The van der Waals surface area contributed by atoms with Crippen LogP contribution in [-0.4, -0.2) is 22.1 Å². The average molecular weight is 445 g/mol. The van der Waals surface area contributed by atoms with Gasteiger partial charge in [-0.1, -0.05) is 30.3 Å². The van der Waals surface area contributed by atoms with Crippen molar-refractivity contribution in [1.82, 2.24) is 15.3 Å². The molecule has 3 aromatic carbocycles. The van der Waals surface area contributed by atoms with E-state index in [2.05, 4.69) is 20.6 Å². The first-order valence-corrected chi connectivity index (χ1v) is 11.2. The summed E-state index contributed by atoms with van der Waals surface area (Å²) in [4.78, 5) is 22.5. The lowest BCUT2D eigenvalue weighted by atomic mass is 10.1. The fraction of sp³-hybridized carbons (Fsp3) is 0.0800. The van der Waals surface area contributed by atoms with Gasteiger partial charge >= 0.3 is 0 Å². The Labute approximate surface area is 190 Å². The molecule has 2 N–H and O–H groups in total. The highest BCUT2D eigenvalue weighted by Crippen LogP contribution is 2.21. The van der Waals surface area contributed by atoms with Gasteiger partial charge in [0.2, 0.25) is 0 Å². The van der Waals surface area contributed by atoms with Gasteiger partial charge < -0.3 is 10.6 Å². The maximum Gasteiger partial charge on any atom is 0.251 e. The number of carbonyl (C=O) groups excluding carboxylic acids is 1. The summed E-state index contributed by atoms with van der Waals surface area (Å²) < 4.78 is 13.5. The molecule has 1 aromatic heterocycles. The lowest BCUT2D eigenvalue weighted by Crippen LogP contribution is -2.22. The Kier molecular flexibility index (Phi) is 6.77. The summed E-state index contributed by atoms with van der Waals surface area (Å²) in [5.74, 6) is 0.454. The van der Waals surface area contributed by atoms with E-state index in [0.717, 1.165) is 5.56 Å². The molecule has 0 unspecified atom stereocenters. The molecule has 0 saturated carbocycles. The van der Waals surface area contributed by atoms with Gasteiger partial charge in [0.15, 0.2) is 5.82 Å². The molecule has 5 nitrogen and oxygen atoms in total. The van der Waals surface area contributed by atoms with Crippen molar-refractivity contribution in [1.29, 1.82) is 0 Å². The van der Waals surface area contributed by atoms with E-state index in [1.807, 2.05) is 36.6 Å². The van der Waals surface area contributed by atoms with Crippen molar-refractivity contribution < 1.29 is 9.18 Å². The van der Waals surface area contributed by atoms with E-state index >= 15 is 0 Å². The van der Waals surface area contributed by atoms with Crippen molar-refractivity contribution in [3.63, 3.8) is 0 Å². The number of nitrogens with zero attached hydrogens (tertiary/aromatic N) is 2. The van der Waals surface area contributed by atoms with Gasteiger partial charge in [0, 0.05) is 34.5 Å². The zero-order chi connectivity index (χ0) is 22.3. The Hall–Kier alpha value is -3.71. The van der Waals surface area contributed by atoms with E-state index in [9.17, 15) is 9.18 Å². The Morgan fingerprint density at radius 1 is 1.00 bits per heavy atom. The number of carbonyl (C=O) groups is 1. The highest BCUT2D eigenvalue weighted by molar-refractivity contribution is 7.98. The number of rotatable bonds is 7. The molecule has 32 heavy (non-hydrogen) atoms. The average Bonchev–Trinajstić information content (AvgIpc) is 2.83. The van der Waals surface area contributed by atoms with Gasteiger partial charge in [-0.15, -0.1) is 11.8 Å². The highest BCUT2D eigenvalue weighted by Gasteiger charge is 2.08. The fourth-order valence-electron chi connectivity index (χ4n) is 3.11. The van der Waals surface area contributed by atoms with Crippen molar-refractivity contribution in [2.75, 3.05) is 11.6 Å². The second-order valence-electron chi connectivity index (χ2n) is 7.01. The number of thioether (sulfide) groups is 1. The number of nitrogens with one attached hydrogen (secondary N) is 2. The van der Waals surface area contributed by atoms with Gasteiger partial charge in [0.05, 0.1) is 0 Å². The van der Waals surface area contributed by atoms with Gasteiger partial charge in [0.1, 0.15) is 11.6 Å². The molecule has 0 bridgehead atoms. The first kappa shape index (κ1) is 21.5. The first-order valence-electron chi connectivity index (χ1n) is 9.98. The van der Waals surface area contributed by atoms with E-state index in [-0.39, 0.29) is 11.7 Å². The Morgan fingerprint density at radius 2 is 1.81 bits per heavy atom. The highest BCUT2D eigenvalue weighted by atomic mass is 32.2. The zero-order valence-electron chi connectivity index (χ0n) is 17.4. The van der Waals surface area contributed by atoms with Crippen LogP contribution in [0.15, 0.2) is 90.0 Å². The number of benzene rings is 3. The van der Waals surface area contributed by atoms with Crippen LogP contribution in [0.4, 0.5) is 15.9 Å². The molecule has 0 aliphatic rings. The molecule has 0 radical (unpaired) electrons. The second kappa shape index (κ2) is 10.1. The maximum atomic E-state index is 13.5. The largest absolute Gasteiger partial charge is 0.348 e. The Morgan fingerprint density at radius 3 is 2.59 bits per heavy atom. The van der Waals surface area contributed by atoms with Crippen molar-refractivity contribution in [2.24, 2.45) is 0 Å². The van der Waals surface area contributed by atoms with Crippen LogP contribution >= 0.6 is 11.8 Å². The minimum atomic E-state index is -0.344. The summed E-state index contributed by atoms with van der Waals surface area (Å²) in [6.45, 7) is 0.452. The molecule has 0 saturated heterocycles. The summed E-state index contributed by atoms with van der Waals surface area (Å²) >= 11 is 1.68. The predicted molar refractivity (Wildman–Crippen MR) is 127 cm³/mol. The smallest absolute Gasteiger partial charge is 0.251 e. The van der Waals surface area contributed by atoms with Crippen molar-refractivity contribution in [3.8, 4) is 11.4 Å². The fourth-order valence-corrected chi connectivity index (χ4v) is 3.52. The number of hydrogen-bond acceptors (Lipinski definition) is 5. The number of aromatic nitrogens is 2. The van der Waals surface area contributed by atoms with Crippen LogP contribution in [0.2, 0.25) is 0 Å². The molecule has 0 spiro atoms. The van der Waals surface area contributed by atoms with E-state index in [1.165, 1.54) is 17.0 Å². The van der Waals surface area contributed by atoms with Crippen LogP contribution in [0.3, 0.4) is 0 Å². The minimum absolute atomic E-state index is 0.161. The minimum Gasteiger partial charge on any atom is -0.348 e. The van der Waals surface area contributed by atoms with Crippen molar-refractivity contribution in [2.45, 2.75) is 11.4 Å². The summed E-state index contributed by atoms with van der Waals surface area (Å²) in [6.07, 6.45) is 3.63. The van der Waals surface area contributed by atoms with E-state index in [4.69, 9.17) is 0 Å². The predicted octanol–water partition coefficient (Wildman–Crippen LogP) is 5.68. The van der Waals surface area contributed by atoms with Crippen LogP contribution in [0.5, 0.6) is 0 Å². The van der Waals surface area contributed by atoms with Crippen LogP contribution in [0, 0.1) is 5.82 Å². The summed E-state index contributed by atoms with van der Waals surface area (Å²) in [5, 5.41) is 6.13. The molecule has 4 rings (SSSR count). The van der Waals surface area contributed by atoms with Gasteiger partial charge in [-0.25, -0.2) is 14.4 Å². The molecular weight excluding hydrogens is 423 g/mol. The van der Waals surface area contributed by atoms with Crippen LogP contribution < -0.4 is 10.6 Å². The maximum absolute atomic E-state index is 13.5. The SMILES string of the molecule is CSc1ccc(CNC(=O)c2cccc(Nc3ccnc(-c4cccc(F)c4)n3)c2)cc1. The van der Waals surface area contributed by atoms with E-state index < -0.39 is 0 Å². The molecule has 7 heteroatoms. The summed E-state index contributed by atoms with van der Waals surface area (Å²) in [6, 6.07) is 23.1. The van der Waals surface area contributed by atoms with Gasteiger partial charge in [-0.3, -0.25) is 4.79 Å². The zero-order valence-corrected chi connectivity index (χ0v) is 18.2. The molecule has 0 atom stereocenters. The number of anilines is 2. The quantitative estimate of drug-likeness (QED) is 0.359. The molecule has 4 aromatic rings. The number of hydrogen-bond donors (Lipinski definition) is 2. The third-order valence-corrected chi connectivity index (χ3v) is 5.49. The summed E-state index contributed by atoms with van der Waals surface area (Å²) in [7, 11) is 0. The molecular formula is C25H21FN4OS. The Balaban J connectivity index is 1.43. The molecule has 0 aliphatic heterocycles. The third kappa shape index (κ3) is 5.50. The van der Waals surface area contributed by atoms with Gasteiger partial charge in [-0.05, 0) is 60.4 Å². The van der Waals surface area contributed by atoms with Crippen LogP contribution in [0.1, 0.15) is 15.9 Å². The molecule has 1 heterocycles. The van der Waals surface area contributed by atoms with Crippen LogP contribution in [-0.2, 0) is 6.54 Å². The normalized spacial score (nSPS) is 10.6. The second-order valence-corrected chi connectivity index (χ2v) is 7.89. The Bertz CT molecular complexity index is 1230. The standard InChI is InChI=1S/C25H21FN4OS/c1-32-22-10-8-17(9-11-22)16-28-25(31)19-5-3-7-21(15-19)29-23-12-13-27-24(30-23)18-4-2-6-20(26)14-18/h2-15H,16H2,1H3,(H,28,31)(H,27,29,30). The lowest BCUT2D eigenvalue weighted by Gasteiger charge is -2.10. The monoisotopic (exact) mass is 444 g/mol. The number of halogens is 1. The molecule has 160 valence electrons. The lowest BCUT2D eigenvalue weighted by molar-refractivity contribution is 0.0951. The van der Waals surface area contributed by atoms with E-state index in [1.54, 1.807) is 54.4 Å². The van der Waals surface area contributed by atoms with Crippen molar-refractivity contribution >= 4 is 29.2 Å². The molecule has 0 aliphatic carbocycles. The van der Waals surface area contributed by atoms with E-state index in [0.29, 0.717) is 35.0 Å². The first-order chi connectivity index (χ1) is 15.6. The number of amides is 1. The molecule has 0 fully saturated rings.